The third kappa shape index (κ3) is 6.83. The molecule has 1 unspecified atom stereocenters. The molecule has 0 aliphatic carbocycles. The number of hydrogen-bond donors (Lipinski definition) is 2. The molecule has 0 saturated carbocycles. The normalized spacial score (nSPS) is 14.1. The average Bonchev–Trinajstić information content (AvgIpc) is 3.43. The lowest BCUT2D eigenvalue weighted by Gasteiger charge is -2.28. The zero-order chi connectivity index (χ0) is 32.4. The van der Waals surface area contributed by atoms with Crippen LogP contribution in [0.3, 0.4) is 0 Å². The number of aromatic nitrogens is 3. The van der Waals surface area contributed by atoms with Crippen molar-refractivity contribution in [1.29, 1.82) is 0 Å². The maximum absolute atomic E-state index is 13.9. The van der Waals surface area contributed by atoms with E-state index in [1.165, 1.54) is 28.5 Å². The van der Waals surface area contributed by atoms with E-state index in [-0.39, 0.29) is 5.91 Å². The van der Waals surface area contributed by atoms with Crippen LogP contribution in [0.2, 0.25) is 5.02 Å². The van der Waals surface area contributed by atoms with E-state index in [0.717, 1.165) is 33.7 Å². The van der Waals surface area contributed by atoms with Crippen LogP contribution in [0.5, 0.6) is 5.75 Å². The van der Waals surface area contributed by atoms with Crippen LogP contribution in [0.1, 0.15) is 51.9 Å². The van der Waals surface area contributed by atoms with Crippen LogP contribution in [0.25, 0.3) is 0 Å². The first-order valence-electron chi connectivity index (χ1n) is 15.1. The summed E-state index contributed by atoms with van der Waals surface area (Å²) in [6.45, 7) is 10.7. The first-order valence-corrected chi connectivity index (χ1v) is 16.5. The minimum Gasteiger partial charge on any atom is -0.489 e. The number of nitrogens with zero attached hydrogens (tertiary/aromatic N) is 3. The molecule has 4 aromatic carbocycles. The second kappa shape index (κ2) is 13.4. The van der Waals surface area contributed by atoms with Crippen LogP contribution >= 0.6 is 23.4 Å². The number of carbonyl (C=O) groups is 1. The van der Waals surface area contributed by atoms with Gasteiger partial charge >= 0.3 is 0 Å². The Hall–Kier alpha value is -4.53. The van der Waals surface area contributed by atoms with Crippen LogP contribution in [0, 0.1) is 27.7 Å². The SMILES string of the molecule is CC1=C(C(=O)Nc2cccc(C)c2)C(c2ccc(OCc3cc(C)c(C)cc3C)cc2)n2nc(SCc3ccccc3Cl)nc2N1. The van der Waals surface area contributed by atoms with Gasteiger partial charge in [0.1, 0.15) is 18.4 Å². The van der Waals surface area contributed by atoms with Crippen molar-refractivity contribution in [2.45, 2.75) is 58.2 Å². The van der Waals surface area contributed by atoms with Crippen molar-refractivity contribution in [3.63, 3.8) is 0 Å². The first kappa shape index (κ1) is 31.5. The first-order chi connectivity index (χ1) is 22.2. The van der Waals surface area contributed by atoms with E-state index in [9.17, 15) is 4.79 Å². The fourth-order valence-electron chi connectivity index (χ4n) is 5.56. The number of nitrogens with one attached hydrogen (secondary N) is 2. The Morgan fingerprint density at radius 3 is 2.43 bits per heavy atom. The van der Waals surface area contributed by atoms with Gasteiger partial charge in [-0.05, 0) is 104 Å². The van der Waals surface area contributed by atoms with Crippen molar-refractivity contribution >= 4 is 40.9 Å². The summed E-state index contributed by atoms with van der Waals surface area (Å²) in [5, 5.41) is 12.6. The molecule has 7 nitrogen and oxygen atoms in total. The molecule has 234 valence electrons. The van der Waals surface area contributed by atoms with E-state index in [1.807, 2.05) is 86.6 Å². The predicted octanol–water partition coefficient (Wildman–Crippen LogP) is 8.96. The lowest BCUT2D eigenvalue weighted by atomic mass is 9.95. The smallest absolute Gasteiger partial charge is 0.255 e. The zero-order valence-corrected chi connectivity index (χ0v) is 28.1. The number of allylic oxidation sites excluding steroid dienone is 1. The fourth-order valence-corrected chi connectivity index (χ4v) is 6.67. The van der Waals surface area contributed by atoms with Crippen molar-refractivity contribution in [2.24, 2.45) is 0 Å². The molecule has 0 radical (unpaired) electrons. The molecule has 1 aliphatic heterocycles. The predicted molar refractivity (Wildman–Crippen MR) is 187 cm³/mol. The number of benzene rings is 4. The molecule has 0 bridgehead atoms. The Kier molecular flexibility index (Phi) is 9.20. The molecule has 1 aliphatic rings. The molecular formula is C37H36ClN5O2S. The van der Waals surface area contributed by atoms with Crippen molar-refractivity contribution in [3.8, 4) is 5.75 Å². The van der Waals surface area contributed by atoms with Crippen LogP contribution in [0.4, 0.5) is 11.6 Å². The molecule has 6 rings (SSSR count). The summed E-state index contributed by atoms with van der Waals surface area (Å²) in [5.41, 5.74) is 9.85. The van der Waals surface area contributed by atoms with Gasteiger partial charge in [-0.2, -0.15) is 4.98 Å². The average molecular weight is 650 g/mol. The number of thioether (sulfide) groups is 1. The van der Waals surface area contributed by atoms with Gasteiger partial charge in [0.05, 0.1) is 5.57 Å². The Morgan fingerprint density at radius 2 is 1.67 bits per heavy atom. The van der Waals surface area contributed by atoms with Gasteiger partial charge in [0.25, 0.3) is 5.91 Å². The van der Waals surface area contributed by atoms with E-state index in [1.54, 1.807) is 4.68 Å². The molecule has 5 aromatic rings. The number of ether oxygens (including phenoxy) is 1. The van der Waals surface area contributed by atoms with Gasteiger partial charge in [0.15, 0.2) is 0 Å². The Balaban J connectivity index is 1.30. The molecule has 1 amide bonds. The number of rotatable bonds is 9. The second-order valence-electron chi connectivity index (χ2n) is 11.7. The molecule has 0 fully saturated rings. The minimum atomic E-state index is -0.515. The summed E-state index contributed by atoms with van der Waals surface area (Å²) in [6, 6.07) is 27.3. The van der Waals surface area contributed by atoms with Gasteiger partial charge in [-0.25, -0.2) is 4.68 Å². The van der Waals surface area contributed by atoms with Crippen LogP contribution in [-0.4, -0.2) is 20.7 Å². The van der Waals surface area contributed by atoms with Gasteiger partial charge in [-0.3, -0.25) is 4.79 Å². The van der Waals surface area contributed by atoms with E-state index < -0.39 is 6.04 Å². The topological polar surface area (TPSA) is 81.1 Å². The molecule has 2 N–H and O–H groups in total. The molecular weight excluding hydrogens is 614 g/mol. The highest BCUT2D eigenvalue weighted by Gasteiger charge is 2.34. The molecule has 0 spiro atoms. The largest absolute Gasteiger partial charge is 0.489 e. The number of anilines is 2. The second-order valence-corrected chi connectivity index (χ2v) is 13.0. The van der Waals surface area contributed by atoms with Gasteiger partial charge in [-0.15, -0.1) is 5.10 Å². The highest BCUT2D eigenvalue weighted by molar-refractivity contribution is 7.98. The number of carbonyl (C=O) groups excluding carboxylic acids is 1. The van der Waals surface area contributed by atoms with E-state index in [0.29, 0.717) is 39.8 Å². The fraction of sp³-hybridized carbons (Fsp3) is 0.216. The van der Waals surface area contributed by atoms with E-state index in [2.05, 4.69) is 43.5 Å². The number of hydrogen-bond acceptors (Lipinski definition) is 6. The molecule has 1 atom stereocenters. The van der Waals surface area contributed by atoms with E-state index >= 15 is 0 Å². The minimum absolute atomic E-state index is 0.211. The Labute approximate surface area is 279 Å². The Morgan fingerprint density at radius 1 is 0.913 bits per heavy atom. The zero-order valence-electron chi connectivity index (χ0n) is 26.5. The van der Waals surface area contributed by atoms with Crippen molar-refractivity contribution in [3.05, 3.63) is 140 Å². The summed E-state index contributed by atoms with van der Waals surface area (Å²) < 4.78 is 7.99. The molecule has 9 heteroatoms. The van der Waals surface area contributed by atoms with Gasteiger partial charge in [0, 0.05) is 22.2 Å². The lowest BCUT2D eigenvalue weighted by Crippen LogP contribution is -2.31. The van der Waals surface area contributed by atoms with Crippen molar-refractivity contribution < 1.29 is 9.53 Å². The summed E-state index contributed by atoms with van der Waals surface area (Å²) >= 11 is 7.90. The molecule has 1 aromatic heterocycles. The highest BCUT2D eigenvalue weighted by atomic mass is 35.5. The third-order valence-electron chi connectivity index (χ3n) is 8.21. The Bertz CT molecular complexity index is 1950. The summed E-state index contributed by atoms with van der Waals surface area (Å²) in [7, 11) is 0. The molecule has 2 heterocycles. The van der Waals surface area contributed by atoms with Crippen molar-refractivity contribution in [2.75, 3.05) is 10.6 Å². The quantitative estimate of drug-likeness (QED) is 0.155. The van der Waals surface area contributed by atoms with Crippen LogP contribution in [-0.2, 0) is 17.2 Å². The number of amides is 1. The maximum Gasteiger partial charge on any atom is 0.255 e. The number of fused-ring (bicyclic) bond motifs is 1. The van der Waals surface area contributed by atoms with Crippen molar-refractivity contribution in [1.82, 2.24) is 14.8 Å². The maximum atomic E-state index is 13.9. The van der Waals surface area contributed by atoms with E-state index in [4.69, 9.17) is 26.4 Å². The lowest BCUT2D eigenvalue weighted by molar-refractivity contribution is -0.113. The van der Waals surface area contributed by atoms with Crippen LogP contribution < -0.4 is 15.4 Å². The monoisotopic (exact) mass is 649 g/mol. The summed E-state index contributed by atoms with van der Waals surface area (Å²) in [5.74, 6) is 1.73. The molecule has 46 heavy (non-hydrogen) atoms. The summed E-state index contributed by atoms with van der Waals surface area (Å²) in [4.78, 5) is 18.7. The van der Waals surface area contributed by atoms with Gasteiger partial charge < -0.3 is 15.4 Å². The molecule has 0 saturated heterocycles. The number of aryl methyl sites for hydroxylation is 4. The number of halogens is 1. The summed E-state index contributed by atoms with van der Waals surface area (Å²) in [6.07, 6.45) is 0. The third-order valence-corrected chi connectivity index (χ3v) is 9.47. The standard InChI is InChI=1S/C37H36ClN5O2S/c1-22-9-8-11-30(17-22)40-35(44)33-26(5)39-36-41-37(46-21-28-10-6-7-12-32(28)38)42-43(36)34(33)27-13-15-31(16-14-27)45-20-29-19-24(3)23(2)18-25(29)4/h6-19,34H,20-21H2,1-5H3,(H,40,44)(H,39,41,42). The van der Waals surface area contributed by atoms with Gasteiger partial charge in [0.2, 0.25) is 11.1 Å². The van der Waals surface area contributed by atoms with Gasteiger partial charge in [-0.1, -0.05) is 78.0 Å². The highest BCUT2D eigenvalue weighted by Crippen LogP contribution is 2.38. The van der Waals surface area contributed by atoms with Crippen LogP contribution in [0.15, 0.2) is 101 Å².